The quantitative estimate of drug-likeness (QED) is 0.855. The van der Waals surface area contributed by atoms with Gasteiger partial charge < -0.3 is 15.0 Å². The highest BCUT2D eigenvalue weighted by atomic mass is 35.5. The Kier molecular flexibility index (Phi) is 6.74. The number of hydrogen-bond acceptors (Lipinski definition) is 4. The molecule has 0 unspecified atom stereocenters. The SMILES string of the molecule is Cl.Cl.O=C(COc1ccc(Cl)c2cccnc12)N1C[C@H]2CNC[C@H]2C1. The number of ether oxygens (including phenoxy) is 1. The van der Waals surface area contributed by atoms with E-state index in [4.69, 9.17) is 16.3 Å². The molecular formula is C17H20Cl3N3O2. The number of amides is 1. The molecule has 2 fully saturated rings. The third-order valence-corrected chi connectivity index (χ3v) is 5.10. The van der Waals surface area contributed by atoms with Crippen LogP contribution in [0.1, 0.15) is 0 Å². The number of aromatic nitrogens is 1. The lowest BCUT2D eigenvalue weighted by atomic mass is 10.0. The number of nitrogens with one attached hydrogen (secondary N) is 1. The van der Waals surface area contributed by atoms with Gasteiger partial charge in [0.1, 0.15) is 11.3 Å². The number of fused-ring (bicyclic) bond motifs is 2. The number of likely N-dealkylation sites (tertiary alicyclic amines) is 1. The third-order valence-electron chi connectivity index (χ3n) is 4.77. The Labute approximate surface area is 163 Å². The standard InChI is InChI=1S/C17H18ClN3O2.2ClH/c18-14-3-4-15(17-13(14)2-1-5-20-17)23-10-16(22)21-8-11-6-19-7-12(11)9-21;;/h1-5,11-12,19H,6-10H2;2*1H/t11-,12+;;. The van der Waals surface area contributed by atoms with Gasteiger partial charge in [0.25, 0.3) is 5.91 Å². The van der Waals surface area contributed by atoms with Crippen molar-refractivity contribution in [2.45, 2.75) is 0 Å². The monoisotopic (exact) mass is 403 g/mol. The molecule has 0 aliphatic carbocycles. The second-order valence-electron chi connectivity index (χ2n) is 6.21. The Morgan fingerprint density at radius 3 is 2.68 bits per heavy atom. The summed E-state index contributed by atoms with van der Waals surface area (Å²) in [6, 6.07) is 7.28. The summed E-state index contributed by atoms with van der Waals surface area (Å²) in [5.74, 6) is 1.83. The largest absolute Gasteiger partial charge is 0.481 e. The van der Waals surface area contributed by atoms with Crippen LogP contribution in [0, 0.1) is 11.8 Å². The first-order valence-electron chi connectivity index (χ1n) is 7.87. The van der Waals surface area contributed by atoms with Crippen LogP contribution in [-0.2, 0) is 4.79 Å². The first-order valence-corrected chi connectivity index (χ1v) is 8.24. The number of carbonyl (C=O) groups is 1. The normalized spacial score (nSPS) is 21.4. The minimum Gasteiger partial charge on any atom is -0.481 e. The molecular weight excluding hydrogens is 385 g/mol. The van der Waals surface area contributed by atoms with Crippen LogP contribution >= 0.6 is 36.4 Å². The molecule has 136 valence electrons. The lowest BCUT2D eigenvalue weighted by Gasteiger charge is -2.18. The van der Waals surface area contributed by atoms with Crippen molar-refractivity contribution >= 4 is 53.2 Å². The molecule has 1 aromatic carbocycles. The molecule has 3 heterocycles. The smallest absolute Gasteiger partial charge is 0.260 e. The van der Waals surface area contributed by atoms with Crippen molar-refractivity contribution in [3.8, 4) is 5.75 Å². The predicted octanol–water partition coefficient (Wildman–Crippen LogP) is 2.79. The zero-order valence-corrected chi connectivity index (χ0v) is 15.9. The number of hydrogen-bond donors (Lipinski definition) is 1. The van der Waals surface area contributed by atoms with Gasteiger partial charge in [-0.1, -0.05) is 11.6 Å². The van der Waals surface area contributed by atoms with Crippen molar-refractivity contribution in [3.05, 3.63) is 35.5 Å². The molecule has 0 bridgehead atoms. The Morgan fingerprint density at radius 2 is 1.96 bits per heavy atom. The summed E-state index contributed by atoms with van der Waals surface area (Å²) in [7, 11) is 0. The van der Waals surface area contributed by atoms with Gasteiger partial charge in [-0.05, 0) is 36.1 Å². The first kappa shape index (κ1) is 20.0. The van der Waals surface area contributed by atoms with Crippen LogP contribution in [0.4, 0.5) is 0 Å². The van der Waals surface area contributed by atoms with Crippen LogP contribution in [0.5, 0.6) is 5.75 Å². The van der Waals surface area contributed by atoms with Gasteiger partial charge in [-0.2, -0.15) is 0 Å². The van der Waals surface area contributed by atoms with Crippen LogP contribution in [0.15, 0.2) is 30.5 Å². The summed E-state index contributed by atoms with van der Waals surface area (Å²) in [6.07, 6.45) is 1.70. The summed E-state index contributed by atoms with van der Waals surface area (Å²) in [5.41, 5.74) is 0.690. The van der Waals surface area contributed by atoms with Gasteiger partial charge in [0.05, 0.1) is 5.02 Å². The van der Waals surface area contributed by atoms with E-state index in [-0.39, 0.29) is 37.3 Å². The number of benzene rings is 1. The zero-order valence-electron chi connectivity index (χ0n) is 13.5. The second-order valence-corrected chi connectivity index (χ2v) is 6.62. The second kappa shape index (κ2) is 8.41. The van der Waals surface area contributed by atoms with Gasteiger partial charge in [0.15, 0.2) is 6.61 Å². The molecule has 2 saturated heterocycles. The number of rotatable bonds is 3. The predicted molar refractivity (Wildman–Crippen MR) is 103 cm³/mol. The van der Waals surface area contributed by atoms with E-state index in [0.29, 0.717) is 28.1 Å². The Hall–Kier alpha value is -1.27. The van der Waals surface area contributed by atoms with E-state index in [9.17, 15) is 4.79 Å². The number of halogens is 3. The highest BCUT2D eigenvalue weighted by Gasteiger charge is 2.38. The van der Waals surface area contributed by atoms with E-state index in [1.807, 2.05) is 17.0 Å². The molecule has 25 heavy (non-hydrogen) atoms. The molecule has 2 aliphatic heterocycles. The van der Waals surface area contributed by atoms with Crippen LogP contribution in [0.2, 0.25) is 5.02 Å². The van der Waals surface area contributed by atoms with Crippen molar-refractivity contribution in [2.24, 2.45) is 11.8 Å². The fourth-order valence-corrected chi connectivity index (χ4v) is 3.73. The van der Waals surface area contributed by atoms with Gasteiger partial charge in [0.2, 0.25) is 0 Å². The van der Waals surface area contributed by atoms with E-state index in [1.54, 1.807) is 18.3 Å². The van der Waals surface area contributed by atoms with Crippen molar-refractivity contribution < 1.29 is 9.53 Å². The number of carbonyl (C=O) groups excluding carboxylic acids is 1. The van der Waals surface area contributed by atoms with Crippen LogP contribution in [-0.4, -0.2) is 48.6 Å². The molecule has 1 N–H and O–H groups in total. The average molecular weight is 405 g/mol. The molecule has 4 rings (SSSR count). The molecule has 0 spiro atoms. The molecule has 0 radical (unpaired) electrons. The highest BCUT2D eigenvalue weighted by molar-refractivity contribution is 6.35. The van der Waals surface area contributed by atoms with E-state index in [1.165, 1.54) is 0 Å². The lowest BCUT2D eigenvalue weighted by molar-refractivity contribution is -0.132. The number of pyridine rings is 1. The highest BCUT2D eigenvalue weighted by Crippen LogP contribution is 2.30. The average Bonchev–Trinajstić information content (AvgIpc) is 3.16. The summed E-state index contributed by atoms with van der Waals surface area (Å²) in [5, 5.41) is 4.84. The van der Waals surface area contributed by atoms with Gasteiger partial charge in [-0.3, -0.25) is 9.78 Å². The van der Waals surface area contributed by atoms with E-state index in [0.717, 1.165) is 31.6 Å². The van der Waals surface area contributed by atoms with Crippen molar-refractivity contribution in [3.63, 3.8) is 0 Å². The van der Waals surface area contributed by atoms with E-state index >= 15 is 0 Å². The van der Waals surface area contributed by atoms with Gasteiger partial charge in [-0.25, -0.2) is 0 Å². The maximum Gasteiger partial charge on any atom is 0.260 e. The summed E-state index contributed by atoms with van der Waals surface area (Å²) < 4.78 is 5.74. The van der Waals surface area contributed by atoms with Gasteiger partial charge in [0, 0.05) is 37.8 Å². The molecule has 8 heteroatoms. The molecule has 2 aliphatic rings. The fourth-order valence-electron chi connectivity index (χ4n) is 3.52. The zero-order chi connectivity index (χ0) is 15.8. The topological polar surface area (TPSA) is 54.5 Å². The summed E-state index contributed by atoms with van der Waals surface area (Å²) in [6.45, 7) is 3.74. The van der Waals surface area contributed by atoms with Crippen molar-refractivity contribution in [1.29, 1.82) is 0 Å². The Morgan fingerprint density at radius 1 is 1.24 bits per heavy atom. The van der Waals surface area contributed by atoms with Gasteiger partial charge in [-0.15, -0.1) is 24.8 Å². The number of nitrogens with zero attached hydrogens (tertiary/aromatic N) is 2. The molecule has 2 atom stereocenters. The third kappa shape index (κ3) is 3.95. The summed E-state index contributed by atoms with van der Waals surface area (Å²) in [4.78, 5) is 18.6. The Balaban J connectivity index is 0.00000113. The van der Waals surface area contributed by atoms with Crippen LogP contribution in [0.3, 0.4) is 0 Å². The Bertz CT molecular complexity index is 747. The molecule has 1 aromatic heterocycles. The molecule has 2 aromatic rings. The van der Waals surface area contributed by atoms with Crippen LogP contribution < -0.4 is 10.1 Å². The molecule has 5 nitrogen and oxygen atoms in total. The van der Waals surface area contributed by atoms with E-state index in [2.05, 4.69) is 10.3 Å². The van der Waals surface area contributed by atoms with Crippen molar-refractivity contribution in [1.82, 2.24) is 15.2 Å². The first-order chi connectivity index (χ1) is 11.2. The maximum absolute atomic E-state index is 12.4. The van der Waals surface area contributed by atoms with Crippen molar-refractivity contribution in [2.75, 3.05) is 32.8 Å². The minimum absolute atomic E-state index is 0. The van der Waals surface area contributed by atoms with Crippen LogP contribution in [0.25, 0.3) is 10.9 Å². The summed E-state index contributed by atoms with van der Waals surface area (Å²) >= 11 is 6.17. The van der Waals surface area contributed by atoms with E-state index < -0.39 is 0 Å². The lowest BCUT2D eigenvalue weighted by Crippen LogP contribution is -2.35. The maximum atomic E-state index is 12.4. The van der Waals surface area contributed by atoms with Gasteiger partial charge >= 0.3 is 0 Å². The molecule has 1 amide bonds. The minimum atomic E-state index is 0. The fraction of sp³-hybridized carbons (Fsp3) is 0.412. The molecule has 0 saturated carbocycles.